The fourth-order valence-electron chi connectivity index (χ4n) is 2.70. The number of aromatic amines is 1. The zero-order valence-corrected chi connectivity index (χ0v) is 12.8. The van der Waals surface area contributed by atoms with Crippen LogP contribution < -0.4 is 5.32 Å². The van der Waals surface area contributed by atoms with Crippen molar-refractivity contribution >= 4 is 16.8 Å². The number of aromatic nitrogens is 1. The minimum atomic E-state index is -0.579. The predicted molar refractivity (Wildman–Crippen MR) is 91.2 cm³/mol. The first-order valence-electron chi connectivity index (χ1n) is 7.76. The fraction of sp³-hybridized carbons (Fsp3) is 0.211. The molecule has 0 radical (unpaired) electrons. The van der Waals surface area contributed by atoms with Crippen molar-refractivity contribution in [3.63, 3.8) is 0 Å². The number of aliphatic hydroxyl groups is 1. The summed E-state index contributed by atoms with van der Waals surface area (Å²) in [5.41, 5.74) is 3.06. The third-order valence-corrected chi connectivity index (χ3v) is 3.87. The lowest BCUT2D eigenvalue weighted by molar-refractivity contribution is -0.120. The lowest BCUT2D eigenvalue weighted by Gasteiger charge is -2.12. The number of amides is 1. The van der Waals surface area contributed by atoms with Crippen molar-refractivity contribution in [2.75, 3.05) is 6.54 Å². The number of H-pyrrole nitrogens is 1. The molecule has 4 nitrogen and oxygen atoms in total. The Kier molecular flexibility index (Phi) is 4.74. The van der Waals surface area contributed by atoms with Crippen molar-refractivity contribution in [1.82, 2.24) is 10.3 Å². The molecule has 0 bridgehead atoms. The molecule has 118 valence electrons. The molecule has 1 heterocycles. The van der Waals surface area contributed by atoms with E-state index < -0.39 is 6.10 Å². The van der Waals surface area contributed by atoms with Crippen LogP contribution in [-0.4, -0.2) is 28.6 Å². The molecule has 3 rings (SSSR count). The molecular weight excluding hydrogens is 288 g/mol. The van der Waals surface area contributed by atoms with Gasteiger partial charge in [0.15, 0.2) is 0 Å². The van der Waals surface area contributed by atoms with Gasteiger partial charge in [-0.25, -0.2) is 0 Å². The maximum Gasteiger partial charge on any atom is 0.224 e. The van der Waals surface area contributed by atoms with Gasteiger partial charge in [-0.15, -0.1) is 0 Å². The van der Waals surface area contributed by atoms with Crippen molar-refractivity contribution < 1.29 is 9.90 Å². The summed E-state index contributed by atoms with van der Waals surface area (Å²) in [6.07, 6.45) is 2.13. The maximum absolute atomic E-state index is 12.1. The van der Waals surface area contributed by atoms with E-state index in [1.165, 1.54) is 0 Å². The largest absolute Gasteiger partial charge is 0.391 e. The summed E-state index contributed by atoms with van der Waals surface area (Å²) in [7, 11) is 0. The second-order valence-corrected chi connectivity index (χ2v) is 5.68. The van der Waals surface area contributed by atoms with E-state index in [4.69, 9.17) is 0 Å². The molecule has 23 heavy (non-hydrogen) atoms. The third kappa shape index (κ3) is 3.99. The quantitative estimate of drug-likeness (QED) is 0.655. The molecule has 0 saturated carbocycles. The summed E-state index contributed by atoms with van der Waals surface area (Å²) < 4.78 is 0. The molecule has 1 unspecified atom stereocenters. The van der Waals surface area contributed by atoms with Gasteiger partial charge in [-0.3, -0.25) is 4.79 Å². The second-order valence-electron chi connectivity index (χ2n) is 5.68. The van der Waals surface area contributed by atoms with Crippen molar-refractivity contribution in [2.24, 2.45) is 0 Å². The Balaban J connectivity index is 1.51. The number of hydrogen-bond acceptors (Lipinski definition) is 2. The standard InChI is InChI=1S/C19H20N2O2/c22-16(10-14-6-2-1-3-7-14)13-21-19(23)11-15-12-20-18-9-5-4-8-17(15)18/h1-9,12,16,20,22H,10-11,13H2,(H,21,23). The van der Waals surface area contributed by atoms with E-state index in [0.29, 0.717) is 12.8 Å². The van der Waals surface area contributed by atoms with Gasteiger partial charge in [0.1, 0.15) is 0 Å². The Labute approximate surface area is 135 Å². The van der Waals surface area contributed by atoms with Crippen molar-refractivity contribution in [2.45, 2.75) is 18.9 Å². The number of hydrogen-bond donors (Lipinski definition) is 3. The molecule has 0 aliphatic heterocycles. The van der Waals surface area contributed by atoms with Crippen LogP contribution >= 0.6 is 0 Å². The molecule has 2 aromatic carbocycles. The first kappa shape index (κ1) is 15.3. The molecule has 0 aliphatic rings. The highest BCUT2D eigenvalue weighted by molar-refractivity contribution is 5.88. The molecule has 0 saturated heterocycles. The number of carbonyl (C=O) groups excluding carboxylic acids is 1. The normalized spacial score (nSPS) is 12.2. The Morgan fingerprint density at radius 1 is 1.09 bits per heavy atom. The van der Waals surface area contributed by atoms with Crippen molar-refractivity contribution in [3.05, 3.63) is 71.9 Å². The van der Waals surface area contributed by atoms with Gasteiger partial charge in [-0.1, -0.05) is 48.5 Å². The summed E-state index contributed by atoms with van der Waals surface area (Å²) in [5.74, 6) is -0.0816. The van der Waals surface area contributed by atoms with E-state index in [-0.39, 0.29) is 12.5 Å². The maximum atomic E-state index is 12.1. The summed E-state index contributed by atoms with van der Waals surface area (Å²) >= 11 is 0. The van der Waals surface area contributed by atoms with E-state index in [0.717, 1.165) is 22.0 Å². The summed E-state index contributed by atoms with van der Waals surface area (Å²) in [6, 6.07) is 17.7. The zero-order chi connectivity index (χ0) is 16.1. The van der Waals surface area contributed by atoms with Crippen LogP contribution in [0.3, 0.4) is 0 Å². The topological polar surface area (TPSA) is 65.1 Å². The highest BCUT2D eigenvalue weighted by Gasteiger charge is 2.11. The van der Waals surface area contributed by atoms with Crippen LogP contribution in [0.25, 0.3) is 10.9 Å². The van der Waals surface area contributed by atoms with Gasteiger partial charge in [0.05, 0.1) is 12.5 Å². The van der Waals surface area contributed by atoms with Gasteiger partial charge in [0.25, 0.3) is 0 Å². The first-order valence-corrected chi connectivity index (χ1v) is 7.76. The Bertz CT molecular complexity index is 780. The zero-order valence-electron chi connectivity index (χ0n) is 12.8. The minimum Gasteiger partial charge on any atom is -0.391 e. The molecule has 0 fully saturated rings. The molecule has 1 atom stereocenters. The number of aliphatic hydroxyl groups excluding tert-OH is 1. The van der Waals surface area contributed by atoms with E-state index in [9.17, 15) is 9.90 Å². The van der Waals surface area contributed by atoms with Gasteiger partial charge < -0.3 is 15.4 Å². The molecular formula is C19H20N2O2. The Morgan fingerprint density at radius 3 is 2.65 bits per heavy atom. The van der Waals surface area contributed by atoms with Crippen LogP contribution in [0.2, 0.25) is 0 Å². The van der Waals surface area contributed by atoms with Gasteiger partial charge in [-0.05, 0) is 17.2 Å². The number of para-hydroxylation sites is 1. The number of carbonyl (C=O) groups is 1. The molecule has 0 spiro atoms. The van der Waals surface area contributed by atoms with Crippen LogP contribution in [-0.2, 0) is 17.6 Å². The van der Waals surface area contributed by atoms with E-state index in [1.807, 2.05) is 60.8 Å². The van der Waals surface area contributed by atoms with Crippen LogP contribution in [0.15, 0.2) is 60.8 Å². The van der Waals surface area contributed by atoms with E-state index in [2.05, 4.69) is 10.3 Å². The average molecular weight is 308 g/mol. The minimum absolute atomic E-state index is 0.0816. The number of nitrogens with one attached hydrogen (secondary N) is 2. The van der Waals surface area contributed by atoms with Gasteiger partial charge in [0.2, 0.25) is 5.91 Å². The van der Waals surface area contributed by atoms with E-state index in [1.54, 1.807) is 0 Å². The van der Waals surface area contributed by atoms with Crippen molar-refractivity contribution in [1.29, 1.82) is 0 Å². The number of fused-ring (bicyclic) bond motifs is 1. The van der Waals surface area contributed by atoms with E-state index >= 15 is 0 Å². The molecule has 3 aromatic rings. The Hall–Kier alpha value is -2.59. The predicted octanol–water partition coefficient (Wildman–Crippen LogP) is 2.43. The van der Waals surface area contributed by atoms with Gasteiger partial charge in [-0.2, -0.15) is 0 Å². The highest BCUT2D eigenvalue weighted by Crippen LogP contribution is 2.17. The average Bonchev–Trinajstić information content (AvgIpc) is 2.97. The lowest BCUT2D eigenvalue weighted by atomic mass is 10.1. The van der Waals surface area contributed by atoms with Gasteiger partial charge >= 0.3 is 0 Å². The third-order valence-electron chi connectivity index (χ3n) is 3.87. The SMILES string of the molecule is O=C(Cc1c[nH]c2ccccc12)NCC(O)Cc1ccccc1. The first-order chi connectivity index (χ1) is 11.2. The Morgan fingerprint density at radius 2 is 1.83 bits per heavy atom. The smallest absolute Gasteiger partial charge is 0.224 e. The monoisotopic (exact) mass is 308 g/mol. The number of rotatable bonds is 6. The molecule has 1 amide bonds. The number of benzene rings is 2. The molecule has 1 aromatic heterocycles. The second kappa shape index (κ2) is 7.11. The van der Waals surface area contributed by atoms with Gasteiger partial charge in [0, 0.05) is 30.1 Å². The summed E-state index contributed by atoms with van der Waals surface area (Å²) in [5, 5.41) is 13.9. The van der Waals surface area contributed by atoms with Crippen LogP contribution in [0.5, 0.6) is 0 Å². The van der Waals surface area contributed by atoms with Crippen LogP contribution in [0.4, 0.5) is 0 Å². The fourth-order valence-corrected chi connectivity index (χ4v) is 2.70. The lowest BCUT2D eigenvalue weighted by Crippen LogP contribution is -2.34. The van der Waals surface area contributed by atoms with Crippen LogP contribution in [0.1, 0.15) is 11.1 Å². The molecule has 0 aliphatic carbocycles. The molecule has 3 N–H and O–H groups in total. The summed E-state index contributed by atoms with van der Waals surface area (Å²) in [6.45, 7) is 0.260. The highest BCUT2D eigenvalue weighted by atomic mass is 16.3. The summed E-state index contributed by atoms with van der Waals surface area (Å²) in [4.78, 5) is 15.2. The molecule has 4 heteroatoms. The van der Waals surface area contributed by atoms with Crippen molar-refractivity contribution in [3.8, 4) is 0 Å². The van der Waals surface area contributed by atoms with Crippen LogP contribution in [0, 0.1) is 0 Å².